The number of benzene rings is 2. The second-order valence-electron chi connectivity index (χ2n) is 5.58. The molecule has 0 fully saturated rings. The number of phenolic OH excluding ortho intramolecular Hbond substituents is 1. The summed E-state index contributed by atoms with van der Waals surface area (Å²) in [5, 5.41) is 12.6. The predicted octanol–water partition coefficient (Wildman–Crippen LogP) is 2.61. The number of aryl methyl sites for hydroxylation is 1. The maximum Gasteiger partial charge on any atom is 0.342 e. The number of anilines is 1. The van der Waals surface area contributed by atoms with E-state index in [0.717, 1.165) is 0 Å². The molecule has 1 aliphatic heterocycles. The smallest absolute Gasteiger partial charge is 0.342 e. The topological polar surface area (TPSA) is 94.1 Å². The van der Waals surface area contributed by atoms with Crippen LogP contribution in [-0.2, 0) is 9.53 Å². The summed E-state index contributed by atoms with van der Waals surface area (Å²) in [6.45, 7) is 3.26. The molecule has 1 aliphatic rings. The summed E-state index contributed by atoms with van der Waals surface area (Å²) in [4.78, 5) is 24.3. The minimum absolute atomic E-state index is 0.0164. The van der Waals surface area contributed by atoms with Crippen LogP contribution in [0.1, 0.15) is 22.8 Å². The van der Waals surface area contributed by atoms with Crippen molar-refractivity contribution in [1.82, 2.24) is 0 Å². The highest BCUT2D eigenvalue weighted by molar-refractivity contribution is 5.98. The van der Waals surface area contributed by atoms with E-state index in [0.29, 0.717) is 22.7 Å². The van der Waals surface area contributed by atoms with Gasteiger partial charge in [-0.3, -0.25) is 4.79 Å². The van der Waals surface area contributed by atoms with Crippen LogP contribution in [0.4, 0.5) is 5.69 Å². The fraction of sp³-hybridized carbons (Fsp3) is 0.222. The normalized spacial score (nSPS) is 13.2. The van der Waals surface area contributed by atoms with Crippen LogP contribution in [0, 0.1) is 6.92 Å². The van der Waals surface area contributed by atoms with Crippen LogP contribution in [0.3, 0.4) is 0 Å². The molecule has 1 heterocycles. The minimum Gasteiger partial charge on any atom is -0.507 e. The molecule has 25 heavy (non-hydrogen) atoms. The van der Waals surface area contributed by atoms with Gasteiger partial charge >= 0.3 is 5.97 Å². The lowest BCUT2D eigenvalue weighted by molar-refractivity contribution is -0.123. The summed E-state index contributed by atoms with van der Waals surface area (Å²) in [7, 11) is 0. The van der Waals surface area contributed by atoms with Crippen molar-refractivity contribution in [2.45, 2.75) is 20.0 Å². The second-order valence-corrected chi connectivity index (χ2v) is 5.58. The van der Waals surface area contributed by atoms with Gasteiger partial charge in [-0.05, 0) is 37.6 Å². The quantitative estimate of drug-likeness (QED) is 0.829. The van der Waals surface area contributed by atoms with E-state index in [2.05, 4.69) is 5.32 Å². The van der Waals surface area contributed by atoms with Gasteiger partial charge in [-0.1, -0.05) is 12.1 Å². The highest BCUT2D eigenvalue weighted by atomic mass is 16.7. The van der Waals surface area contributed by atoms with E-state index < -0.39 is 18.0 Å². The van der Waals surface area contributed by atoms with Crippen LogP contribution in [0.25, 0.3) is 0 Å². The zero-order chi connectivity index (χ0) is 18.0. The van der Waals surface area contributed by atoms with Gasteiger partial charge in [0, 0.05) is 11.8 Å². The highest BCUT2D eigenvalue weighted by Gasteiger charge is 2.22. The highest BCUT2D eigenvalue weighted by Crippen LogP contribution is 2.34. The standard InChI is InChI=1S/C18H17NO6/c1-10-4-3-5-13(16(10)20)18(22)25-11(2)17(21)19-12-6-7-14-15(8-12)24-9-23-14/h3-8,11,20H,9H2,1-2H3,(H,19,21). The molecule has 1 unspecified atom stereocenters. The Kier molecular flexibility index (Phi) is 4.47. The lowest BCUT2D eigenvalue weighted by atomic mass is 10.1. The number of hydrogen-bond acceptors (Lipinski definition) is 6. The number of hydrogen-bond donors (Lipinski definition) is 2. The molecule has 0 radical (unpaired) electrons. The number of ether oxygens (including phenoxy) is 3. The van der Waals surface area contributed by atoms with Gasteiger partial charge in [-0.2, -0.15) is 0 Å². The third kappa shape index (κ3) is 3.50. The van der Waals surface area contributed by atoms with Crippen LogP contribution in [0.5, 0.6) is 17.2 Å². The lowest BCUT2D eigenvalue weighted by Crippen LogP contribution is -2.30. The molecule has 7 nitrogen and oxygen atoms in total. The van der Waals surface area contributed by atoms with Crippen molar-refractivity contribution in [1.29, 1.82) is 0 Å². The van der Waals surface area contributed by atoms with Crippen LogP contribution in [0.2, 0.25) is 0 Å². The summed E-state index contributed by atoms with van der Waals surface area (Å²) in [5.41, 5.74) is 1.06. The second kappa shape index (κ2) is 6.72. The molecule has 1 atom stereocenters. The third-order valence-corrected chi connectivity index (χ3v) is 3.75. The Bertz CT molecular complexity index is 832. The van der Waals surface area contributed by atoms with Crippen LogP contribution in [-0.4, -0.2) is 29.9 Å². The van der Waals surface area contributed by atoms with Crippen molar-refractivity contribution in [2.24, 2.45) is 0 Å². The Morgan fingerprint density at radius 1 is 1.20 bits per heavy atom. The van der Waals surface area contributed by atoms with Gasteiger partial charge < -0.3 is 24.6 Å². The molecule has 0 saturated heterocycles. The molecular weight excluding hydrogens is 326 g/mol. The van der Waals surface area contributed by atoms with Crippen molar-refractivity contribution >= 4 is 17.6 Å². The molecule has 3 rings (SSSR count). The van der Waals surface area contributed by atoms with Crippen LogP contribution >= 0.6 is 0 Å². The molecule has 2 N–H and O–H groups in total. The molecular formula is C18H17NO6. The number of nitrogens with one attached hydrogen (secondary N) is 1. The fourth-order valence-electron chi connectivity index (χ4n) is 2.32. The number of amides is 1. The summed E-state index contributed by atoms with van der Waals surface area (Å²) in [6.07, 6.45) is -1.04. The van der Waals surface area contributed by atoms with Crippen LogP contribution < -0.4 is 14.8 Å². The molecule has 0 aromatic heterocycles. The van der Waals surface area contributed by atoms with E-state index in [1.165, 1.54) is 13.0 Å². The number of fused-ring (bicyclic) bond motifs is 1. The van der Waals surface area contributed by atoms with E-state index in [4.69, 9.17) is 14.2 Å². The van der Waals surface area contributed by atoms with Crippen molar-refractivity contribution < 1.29 is 28.9 Å². The summed E-state index contributed by atoms with van der Waals surface area (Å²) in [6, 6.07) is 9.70. The first-order chi connectivity index (χ1) is 12.0. The molecule has 2 aromatic carbocycles. The first kappa shape index (κ1) is 16.6. The number of phenols is 1. The van der Waals surface area contributed by atoms with Crippen molar-refractivity contribution in [3.63, 3.8) is 0 Å². The van der Waals surface area contributed by atoms with Crippen molar-refractivity contribution in [2.75, 3.05) is 12.1 Å². The third-order valence-electron chi connectivity index (χ3n) is 3.75. The van der Waals surface area contributed by atoms with E-state index in [1.807, 2.05) is 0 Å². The van der Waals surface area contributed by atoms with Gasteiger partial charge in [0.15, 0.2) is 17.6 Å². The molecule has 0 saturated carbocycles. The molecule has 7 heteroatoms. The molecule has 2 aromatic rings. The van der Waals surface area contributed by atoms with Gasteiger partial charge in [-0.15, -0.1) is 0 Å². The van der Waals surface area contributed by atoms with E-state index in [-0.39, 0.29) is 18.1 Å². The van der Waals surface area contributed by atoms with Gasteiger partial charge in [-0.25, -0.2) is 4.79 Å². The monoisotopic (exact) mass is 343 g/mol. The summed E-state index contributed by atoms with van der Waals surface area (Å²) >= 11 is 0. The Balaban J connectivity index is 1.64. The maximum absolute atomic E-state index is 12.2. The number of aromatic hydroxyl groups is 1. The average molecular weight is 343 g/mol. The molecule has 0 spiro atoms. The Hall–Kier alpha value is -3.22. The molecule has 0 bridgehead atoms. The number of esters is 1. The molecule has 1 amide bonds. The number of rotatable bonds is 4. The molecule has 130 valence electrons. The van der Waals surface area contributed by atoms with Gasteiger partial charge in [0.1, 0.15) is 11.3 Å². The zero-order valence-electron chi connectivity index (χ0n) is 13.7. The Morgan fingerprint density at radius 2 is 1.96 bits per heavy atom. The van der Waals surface area contributed by atoms with Crippen molar-refractivity contribution in [3.05, 3.63) is 47.5 Å². The van der Waals surface area contributed by atoms with E-state index in [1.54, 1.807) is 37.3 Å². The van der Waals surface area contributed by atoms with E-state index >= 15 is 0 Å². The maximum atomic E-state index is 12.2. The zero-order valence-corrected chi connectivity index (χ0v) is 13.7. The first-order valence-electron chi connectivity index (χ1n) is 7.66. The molecule has 0 aliphatic carbocycles. The van der Waals surface area contributed by atoms with Crippen molar-refractivity contribution in [3.8, 4) is 17.2 Å². The fourth-order valence-corrected chi connectivity index (χ4v) is 2.32. The predicted molar refractivity (Wildman–Crippen MR) is 88.9 cm³/mol. The summed E-state index contributed by atoms with van der Waals surface area (Å²) < 4.78 is 15.6. The number of carbonyl (C=O) groups excluding carboxylic acids is 2. The Labute approximate surface area is 144 Å². The van der Waals surface area contributed by atoms with Gasteiger partial charge in [0.25, 0.3) is 5.91 Å². The number of carbonyl (C=O) groups is 2. The Morgan fingerprint density at radius 3 is 2.76 bits per heavy atom. The largest absolute Gasteiger partial charge is 0.507 e. The minimum atomic E-state index is -1.04. The van der Waals surface area contributed by atoms with Gasteiger partial charge in [0.05, 0.1) is 0 Å². The van der Waals surface area contributed by atoms with E-state index in [9.17, 15) is 14.7 Å². The van der Waals surface area contributed by atoms with Crippen LogP contribution in [0.15, 0.2) is 36.4 Å². The summed E-state index contributed by atoms with van der Waals surface area (Å²) in [5.74, 6) is -0.288. The first-order valence-corrected chi connectivity index (χ1v) is 7.66. The van der Waals surface area contributed by atoms with Gasteiger partial charge in [0.2, 0.25) is 6.79 Å². The average Bonchev–Trinajstić information content (AvgIpc) is 3.04. The lowest BCUT2D eigenvalue weighted by Gasteiger charge is -2.14. The SMILES string of the molecule is Cc1cccc(C(=O)OC(C)C(=O)Nc2ccc3c(c2)OCO3)c1O. The number of para-hydroxylation sites is 1.